The summed E-state index contributed by atoms with van der Waals surface area (Å²) in [6.07, 6.45) is 3.16. The summed E-state index contributed by atoms with van der Waals surface area (Å²) >= 11 is 0. The number of rotatable bonds is 4. The zero-order chi connectivity index (χ0) is 13.4. The SMILES string of the molecule is CC(C)CN=C(N)NC(=O)/C=C/c1ccccc1. The van der Waals surface area contributed by atoms with Crippen LogP contribution in [-0.4, -0.2) is 18.4 Å². The van der Waals surface area contributed by atoms with Gasteiger partial charge in [0.15, 0.2) is 5.96 Å². The smallest absolute Gasteiger partial charge is 0.250 e. The van der Waals surface area contributed by atoms with Gasteiger partial charge in [-0.05, 0) is 17.6 Å². The second kappa shape index (κ2) is 7.27. The molecule has 0 atom stereocenters. The van der Waals surface area contributed by atoms with Crippen molar-refractivity contribution in [2.24, 2.45) is 16.6 Å². The maximum absolute atomic E-state index is 11.5. The van der Waals surface area contributed by atoms with Crippen molar-refractivity contribution in [1.82, 2.24) is 5.32 Å². The first-order valence-electron chi connectivity index (χ1n) is 5.92. The lowest BCUT2D eigenvalue weighted by Gasteiger charge is -2.02. The van der Waals surface area contributed by atoms with E-state index in [1.54, 1.807) is 6.08 Å². The Morgan fingerprint density at radius 1 is 1.39 bits per heavy atom. The van der Waals surface area contributed by atoms with E-state index < -0.39 is 0 Å². The van der Waals surface area contributed by atoms with Gasteiger partial charge in [-0.15, -0.1) is 0 Å². The molecule has 96 valence electrons. The van der Waals surface area contributed by atoms with Gasteiger partial charge in [0.2, 0.25) is 0 Å². The van der Waals surface area contributed by atoms with Gasteiger partial charge in [-0.1, -0.05) is 44.2 Å². The highest BCUT2D eigenvalue weighted by atomic mass is 16.1. The van der Waals surface area contributed by atoms with E-state index >= 15 is 0 Å². The molecule has 0 fully saturated rings. The molecule has 4 heteroatoms. The summed E-state index contributed by atoms with van der Waals surface area (Å²) in [5.74, 6) is 0.301. The lowest BCUT2D eigenvalue weighted by Crippen LogP contribution is -2.36. The number of nitrogens with two attached hydrogens (primary N) is 1. The van der Waals surface area contributed by atoms with E-state index in [-0.39, 0.29) is 11.9 Å². The highest BCUT2D eigenvalue weighted by molar-refractivity contribution is 6.03. The molecule has 0 aromatic heterocycles. The topological polar surface area (TPSA) is 67.5 Å². The van der Waals surface area contributed by atoms with Gasteiger partial charge in [-0.2, -0.15) is 0 Å². The number of hydrogen-bond acceptors (Lipinski definition) is 2. The molecule has 0 saturated carbocycles. The standard InChI is InChI=1S/C14H19N3O/c1-11(2)10-16-14(15)17-13(18)9-8-12-6-4-3-5-7-12/h3-9,11H,10H2,1-2H3,(H3,15,16,17,18)/b9-8+. The van der Waals surface area contributed by atoms with Crippen LogP contribution in [0.15, 0.2) is 41.4 Å². The number of nitrogens with zero attached hydrogens (tertiary/aromatic N) is 1. The summed E-state index contributed by atoms with van der Waals surface area (Å²) in [7, 11) is 0. The Kier molecular flexibility index (Phi) is 5.64. The summed E-state index contributed by atoms with van der Waals surface area (Å²) in [6.45, 7) is 4.68. The molecule has 0 bridgehead atoms. The van der Waals surface area contributed by atoms with E-state index in [0.29, 0.717) is 12.5 Å². The number of carbonyl (C=O) groups excluding carboxylic acids is 1. The number of guanidine groups is 1. The van der Waals surface area contributed by atoms with Gasteiger partial charge in [0, 0.05) is 12.6 Å². The molecule has 0 spiro atoms. The molecular formula is C14H19N3O. The van der Waals surface area contributed by atoms with Crippen molar-refractivity contribution in [1.29, 1.82) is 0 Å². The van der Waals surface area contributed by atoms with E-state index in [9.17, 15) is 4.79 Å². The van der Waals surface area contributed by atoms with Crippen LogP contribution in [0.5, 0.6) is 0 Å². The molecule has 0 radical (unpaired) electrons. The van der Waals surface area contributed by atoms with Crippen LogP contribution < -0.4 is 11.1 Å². The van der Waals surface area contributed by atoms with Gasteiger partial charge in [0.1, 0.15) is 0 Å². The van der Waals surface area contributed by atoms with Crippen LogP contribution in [-0.2, 0) is 4.79 Å². The maximum Gasteiger partial charge on any atom is 0.250 e. The second-order valence-corrected chi connectivity index (χ2v) is 4.35. The molecule has 3 N–H and O–H groups in total. The third-order valence-corrected chi connectivity index (χ3v) is 2.10. The van der Waals surface area contributed by atoms with E-state index in [1.807, 2.05) is 44.2 Å². The monoisotopic (exact) mass is 245 g/mol. The first-order valence-corrected chi connectivity index (χ1v) is 5.92. The van der Waals surface area contributed by atoms with Crippen LogP contribution in [0.1, 0.15) is 19.4 Å². The molecular weight excluding hydrogens is 226 g/mol. The third kappa shape index (κ3) is 5.84. The maximum atomic E-state index is 11.5. The third-order valence-electron chi connectivity index (χ3n) is 2.10. The van der Waals surface area contributed by atoms with Crippen molar-refractivity contribution in [3.05, 3.63) is 42.0 Å². The minimum Gasteiger partial charge on any atom is -0.370 e. The van der Waals surface area contributed by atoms with E-state index in [2.05, 4.69) is 10.3 Å². The minimum atomic E-state index is -0.274. The molecule has 0 aliphatic heterocycles. The van der Waals surface area contributed by atoms with Gasteiger partial charge in [-0.25, -0.2) is 0 Å². The van der Waals surface area contributed by atoms with Crippen molar-refractivity contribution in [3.63, 3.8) is 0 Å². The van der Waals surface area contributed by atoms with Crippen LogP contribution in [0.3, 0.4) is 0 Å². The molecule has 4 nitrogen and oxygen atoms in total. The van der Waals surface area contributed by atoms with Crippen molar-refractivity contribution < 1.29 is 4.79 Å². The normalized spacial score (nSPS) is 12.1. The molecule has 0 aliphatic carbocycles. The lowest BCUT2D eigenvalue weighted by atomic mass is 10.2. The van der Waals surface area contributed by atoms with Crippen molar-refractivity contribution in [3.8, 4) is 0 Å². The number of aliphatic imine (C=N–C) groups is 1. The number of carbonyl (C=O) groups is 1. The fraction of sp³-hybridized carbons (Fsp3) is 0.286. The van der Waals surface area contributed by atoms with Crippen LogP contribution in [0.25, 0.3) is 6.08 Å². The van der Waals surface area contributed by atoms with Gasteiger partial charge < -0.3 is 5.73 Å². The van der Waals surface area contributed by atoms with Gasteiger partial charge in [0.05, 0.1) is 0 Å². The Morgan fingerprint density at radius 2 is 2.06 bits per heavy atom. The number of hydrogen-bond donors (Lipinski definition) is 2. The average molecular weight is 245 g/mol. The fourth-order valence-electron chi connectivity index (χ4n) is 1.22. The molecule has 0 aliphatic rings. The molecule has 1 aromatic carbocycles. The Morgan fingerprint density at radius 3 is 2.67 bits per heavy atom. The van der Waals surface area contributed by atoms with E-state index in [4.69, 9.17) is 5.73 Å². The van der Waals surface area contributed by atoms with Crippen LogP contribution in [0.2, 0.25) is 0 Å². The predicted molar refractivity (Wildman–Crippen MR) is 74.9 cm³/mol. The Balaban J connectivity index is 2.47. The highest BCUT2D eigenvalue weighted by Crippen LogP contribution is 2.00. The molecule has 0 heterocycles. The summed E-state index contributed by atoms with van der Waals surface area (Å²) < 4.78 is 0. The number of nitrogens with one attached hydrogen (secondary N) is 1. The molecule has 1 rings (SSSR count). The van der Waals surface area contributed by atoms with Gasteiger partial charge >= 0.3 is 0 Å². The van der Waals surface area contributed by atoms with E-state index in [0.717, 1.165) is 5.56 Å². The lowest BCUT2D eigenvalue weighted by molar-refractivity contribution is -0.115. The predicted octanol–water partition coefficient (Wildman–Crippen LogP) is 1.79. The summed E-state index contributed by atoms with van der Waals surface area (Å²) in [6, 6.07) is 9.58. The first kappa shape index (κ1) is 14.0. The summed E-state index contributed by atoms with van der Waals surface area (Å²) in [5.41, 5.74) is 6.54. The van der Waals surface area contributed by atoms with Crippen LogP contribution >= 0.6 is 0 Å². The fourth-order valence-corrected chi connectivity index (χ4v) is 1.22. The van der Waals surface area contributed by atoms with Crippen molar-refractivity contribution in [2.75, 3.05) is 6.54 Å². The van der Waals surface area contributed by atoms with Gasteiger partial charge in [0.25, 0.3) is 5.91 Å². The summed E-state index contributed by atoms with van der Waals surface area (Å²) in [4.78, 5) is 15.6. The second-order valence-electron chi connectivity index (χ2n) is 4.35. The first-order chi connectivity index (χ1) is 8.58. The number of amides is 1. The summed E-state index contributed by atoms with van der Waals surface area (Å²) in [5, 5.41) is 2.51. The molecule has 0 unspecified atom stereocenters. The Bertz CT molecular complexity index is 436. The van der Waals surface area contributed by atoms with E-state index in [1.165, 1.54) is 6.08 Å². The Hall–Kier alpha value is -2.10. The zero-order valence-corrected chi connectivity index (χ0v) is 10.8. The highest BCUT2D eigenvalue weighted by Gasteiger charge is 1.98. The quantitative estimate of drug-likeness (QED) is 0.482. The van der Waals surface area contributed by atoms with Crippen molar-refractivity contribution >= 4 is 17.9 Å². The zero-order valence-electron chi connectivity index (χ0n) is 10.8. The molecule has 1 aromatic rings. The van der Waals surface area contributed by atoms with Crippen LogP contribution in [0.4, 0.5) is 0 Å². The average Bonchev–Trinajstić information content (AvgIpc) is 2.35. The largest absolute Gasteiger partial charge is 0.370 e. The molecule has 0 saturated heterocycles. The molecule has 1 amide bonds. The molecule has 18 heavy (non-hydrogen) atoms. The van der Waals surface area contributed by atoms with Crippen LogP contribution in [0, 0.1) is 5.92 Å². The Labute approximate surface area is 108 Å². The minimum absolute atomic E-state index is 0.159. The van der Waals surface area contributed by atoms with Gasteiger partial charge in [-0.3, -0.25) is 15.1 Å². The van der Waals surface area contributed by atoms with Crippen molar-refractivity contribution in [2.45, 2.75) is 13.8 Å². The number of benzene rings is 1.